The quantitative estimate of drug-likeness (QED) is 0.634. The van der Waals surface area contributed by atoms with Gasteiger partial charge in [-0.3, -0.25) is 0 Å². The molecule has 0 spiro atoms. The predicted octanol–water partition coefficient (Wildman–Crippen LogP) is 3.36. The van der Waals surface area contributed by atoms with Gasteiger partial charge in [-0.25, -0.2) is 0 Å². The Labute approximate surface area is 74.6 Å². The van der Waals surface area contributed by atoms with Gasteiger partial charge >= 0.3 is 0 Å². The fourth-order valence-electron chi connectivity index (χ4n) is 1.55. The van der Waals surface area contributed by atoms with Crippen molar-refractivity contribution in [2.24, 2.45) is 0 Å². The van der Waals surface area contributed by atoms with Crippen LogP contribution < -0.4 is 0 Å². The molecule has 1 aromatic carbocycles. The van der Waals surface area contributed by atoms with Gasteiger partial charge in [-0.1, -0.05) is 37.6 Å². The van der Waals surface area contributed by atoms with Gasteiger partial charge in [0.05, 0.1) is 0 Å². The molecule has 0 heterocycles. The van der Waals surface area contributed by atoms with Crippen LogP contribution in [0.3, 0.4) is 0 Å². The van der Waals surface area contributed by atoms with Crippen molar-refractivity contribution in [1.82, 2.24) is 0 Å². The van der Waals surface area contributed by atoms with Gasteiger partial charge in [0.15, 0.2) is 0 Å². The van der Waals surface area contributed by atoms with Gasteiger partial charge in [0.2, 0.25) is 0 Å². The van der Waals surface area contributed by atoms with Crippen LogP contribution in [-0.2, 0) is 6.42 Å². The van der Waals surface area contributed by atoms with E-state index in [0.29, 0.717) is 0 Å². The zero-order chi connectivity index (χ0) is 8.39. The van der Waals surface area contributed by atoms with Crippen LogP contribution in [0.1, 0.15) is 37.3 Å². The molecule has 63 valence electrons. The van der Waals surface area contributed by atoms with Crippen LogP contribution in [0, 0.1) is 5.92 Å². The highest BCUT2D eigenvalue weighted by atomic mass is 14.3. The van der Waals surface area contributed by atoms with Crippen molar-refractivity contribution in [1.29, 1.82) is 0 Å². The Morgan fingerprint density at radius 2 is 1.75 bits per heavy atom. The summed E-state index contributed by atoms with van der Waals surface area (Å²) in [6, 6.07) is 9.08. The highest BCUT2D eigenvalue weighted by Crippen LogP contribution is 2.38. The predicted molar refractivity (Wildman–Crippen MR) is 52.0 cm³/mol. The van der Waals surface area contributed by atoms with Crippen molar-refractivity contribution in [2.75, 3.05) is 0 Å². The van der Waals surface area contributed by atoms with Crippen molar-refractivity contribution < 1.29 is 0 Å². The average Bonchev–Trinajstić information content (AvgIpc) is 2.89. The Bertz CT molecular complexity index is 241. The van der Waals surface area contributed by atoms with E-state index in [2.05, 4.69) is 31.2 Å². The third-order valence-corrected chi connectivity index (χ3v) is 2.40. The molecule has 0 nitrogen and oxygen atoms in total. The van der Waals surface area contributed by atoms with E-state index in [-0.39, 0.29) is 0 Å². The third-order valence-electron chi connectivity index (χ3n) is 2.40. The summed E-state index contributed by atoms with van der Waals surface area (Å²) in [5.74, 6) is 1.64. The monoisotopic (exact) mass is 159 g/mol. The van der Waals surface area contributed by atoms with Crippen LogP contribution in [-0.4, -0.2) is 0 Å². The summed E-state index contributed by atoms with van der Waals surface area (Å²) in [4.78, 5) is 0. The maximum Gasteiger partial charge on any atom is 0.00504 e. The molecule has 0 unspecified atom stereocenters. The Hall–Kier alpha value is -0.780. The normalized spacial score (nSPS) is 16.4. The summed E-state index contributed by atoms with van der Waals surface area (Å²) < 4.78 is 0. The van der Waals surface area contributed by atoms with E-state index in [1.54, 1.807) is 5.92 Å². The molecule has 1 aliphatic rings. The molecule has 2 rings (SSSR count). The lowest BCUT2D eigenvalue weighted by Crippen LogP contribution is -1.84. The van der Waals surface area contributed by atoms with Gasteiger partial charge in [-0.15, -0.1) is 0 Å². The molecular weight excluding hydrogens is 144 g/mol. The highest BCUT2D eigenvalue weighted by molar-refractivity contribution is 5.38. The number of benzene rings is 1. The molecule has 1 aromatic rings. The molecule has 0 aromatic heterocycles. The fraction of sp³-hybridized carbons (Fsp3) is 0.417. The van der Waals surface area contributed by atoms with Crippen LogP contribution in [0.25, 0.3) is 0 Å². The summed E-state index contributed by atoms with van der Waals surface area (Å²) >= 11 is 0. The minimum absolute atomic E-state index is 1.22. The number of aryl methyl sites for hydroxylation is 1. The maximum absolute atomic E-state index is 2.27. The van der Waals surface area contributed by atoms with Crippen LogP contribution in [0.2, 0.25) is 0 Å². The lowest BCUT2D eigenvalue weighted by Gasteiger charge is -2.00. The summed E-state index contributed by atoms with van der Waals surface area (Å²) in [5, 5.41) is 0. The van der Waals surface area contributed by atoms with Gasteiger partial charge in [-0.2, -0.15) is 0 Å². The molecule has 0 N–H and O–H groups in total. The SMILES string of the molecule is CCCc1ccc([C]2CC2)cc1. The topological polar surface area (TPSA) is 0 Å². The van der Waals surface area contributed by atoms with E-state index in [9.17, 15) is 0 Å². The van der Waals surface area contributed by atoms with Gasteiger partial charge in [0, 0.05) is 5.92 Å². The van der Waals surface area contributed by atoms with E-state index in [1.807, 2.05) is 0 Å². The Morgan fingerprint density at radius 1 is 1.08 bits per heavy atom. The summed E-state index contributed by atoms with van der Waals surface area (Å²) in [7, 11) is 0. The fourth-order valence-corrected chi connectivity index (χ4v) is 1.55. The van der Waals surface area contributed by atoms with Crippen LogP contribution in [0.15, 0.2) is 24.3 Å². The zero-order valence-electron chi connectivity index (χ0n) is 7.64. The van der Waals surface area contributed by atoms with Crippen molar-refractivity contribution >= 4 is 0 Å². The minimum Gasteiger partial charge on any atom is -0.0651 e. The second kappa shape index (κ2) is 3.30. The molecule has 0 bridgehead atoms. The minimum atomic E-state index is 1.22. The van der Waals surface area contributed by atoms with Gasteiger partial charge in [-0.05, 0) is 30.4 Å². The molecule has 0 atom stereocenters. The van der Waals surface area contributed by atoms with Crippen molar-refractivity contribution in [3.05, 3.63) is 41.3 Å². The first-order chi connectivity index (χ1) is 5.90. The number of hydrogen-bond donors (Lipinski definition) is 0. The van der Waals surface area contributed by atoms with Crippen molar-refractivity contribution in [3.63, 3.8) is 0 Å². The maximum atomic E-state index is 2.27. The molecule has 1 saturated carbocycles. The first kappa shape index (κ1) is 7.85. The van der Waals surface area contributed by atoms with Crippen molar-refractivity contribution in [3.8, 4) is 0 Å². The Balaban J connectivity index is 2.08. The lowest BCUT2D eigenvalue weighted by molar-refractivity contribution is 0.921. The van der Waals surface area contributed by atoms with E-state index in [1.165, 1.54) is 36.8 Å². The van der Waals surface area contributed by atoms with Crippen LogP contribution in [0.4, 0.5) is 0 Å². The summed E-state index contributed by atoms with van der Waals surface area (Å²) in [6.45, 7) is 2.23. The summed E-state index contributed by atoms with van der Waals surface area (Å²) in [6.07, 6.45) is 5.12. The average molecular weight is 159 g/mol. The van der Waals surface area contributed by atoms with Crippen LogP contribution >= 0.6 is 0 Å². The van der Waals surface area contributed by atoms with Gasteiger partial charge in [0.1, 0.15) is 0 Å². The lowest BCUT2D eigenvalue weighted by atomic mass is 10.1. The van der Waals surface area contributed by atoms with E-state index in [0.717, 1.165) is 0 Å². The largest absolute Gasteiger partial charge is 0.0651 e. The van der Waals surface area contributed by atoms with E-state index in [4.69, 9.17) is 0 Å². The second-order valence-corrected chi connectivity index (χ2v) is 3.55. The molecule has 0 aliphatic heterocycles. The molecule has 0 amide bonds. The zero-order valence-corrected chi connectivity index (χ0v) is 7.64. The first-order valence-corrected chi connectivity index (χ1v) is 4.84. The Morgan fingerprint density at radius 3 is 2.25 bits per heavy atom. The molecule has 1 aliphatic carbocycles. The Kier molecular flexibility index (Phi) is 2.16. The number of hydrogen-bond acceptors (Lipinski definition) is 0. The van der Waals surface area contributed by atoms with Gasteiger partial charge in [0.25, 0.3) is 0 Å². The van der Waals surface area contributed by atoms with Gasteiger partial charge < -0.3 is 0 Å². The number of rotatable bonds is 3. The molecule has 1 fully saturated rings. The first-order valence-electron chi connectivity index (χ1n) is 4.84. The standard InChI is InChI=1S/C12H15/c1-2-3-10-4-6-11(7-5-10)12-8-9-12/h4-7H,2-3,8-9H2,1H3. The van der Waals surface area contributed by atoms with E-state index >= 15 is 0 Å². The molecule has 1 radical (unpaired) electrons. The smallest absolute Gasteiger partial charge is 0.00504 e. The van der Waals surface area contributed by atoms with E-state index < -0.39 is 0 Å². The molecule has 12 heavy (non-hydrogen) atoms. The summed E-state index contributed by atoms with van der Waals surface area (Å²) in [5.41, 5.74) is 2.94. The highest BCUT2D eigenvalue weighted by Gasteiger charge is 2.23. The third kappa shape index (κ3) is 1.69. The van der Waals surface area contributed by atoms with Crippen molar-refractivity contribution in [2.45, 2.75) is 32.6 Å². The molecular formula is C12H15. The second-order valence-electron chi connectivity index (χ2n) is 3.55. The molecule has 0 heteroatoms. The van der Waals surface area contributed by atoms with Crippen LogP contribution in [0.5, 0.6) is 0 Å². The molecule has 0 saturated heterocycles.